The number of methoxy groups -OCH3 is 2. The quantitative estimate of drug-likeness (QED) is 0.669. The van der Waals surface area contributed by atoms with Gasteiger partial charge in [0.25, 0.3) is 11.6 Å². The zero-order valence-corrected chi connectivity index (χ0v) is 13.9. The number of anilines is 1. The number of carbonyl (C=O) groups excluding carboxylic acids is 1. The first-order valence-electron chi connectivity index (χ1n) is 7.17. The third-order valence-electron chi connectivity index (χ3n) is 3.66. The summed E-state index contributed by atoms with van der Waals surface area (Å²) in [5.41, 5.74) is 1.92. The first-order chi connectivity index (χ1) is 11.4. The minimum Gasteiger partial charge on any atom is -0.493 e. The molecular formula is C17H18N2O5. The van der Waals surface area contributed by atoms with E-state index in [1.54, 1.807) is 0 Å². The smallest absolute Gasteiger partial charge is 0.286 e. The normalized spacial score (nSPS) is 10.2. The summed E-state index contributed by atoms with van der Waals surface area (Å²) in [6.45, 7) is 3.71. The molecule has 0 aromatic heterocycles. The van der Waals surface area contributed by atoms with Crippen LogP contribution in [-0.4, -0.2) is 25.1 Å². The van der Waals surface area contributed by atoms with Crippen molar-refractivity contribution in [1.82, 2.24) is 0 Å². The number of rotatable bonds is 5. The molecule has 1 amide bonds. The number of carbonyl (C=O) groups is 1. The molecule has 0 heterocycles. The van der Waals surface area contributed by atoms with Crippen molar-refractivity contribution in [2.45, 2.75) is 13.8 Å². The molecule has 0 bridgehead atoms. The molecule has 0 spiro atoms. The highest BCUT2D eigenvalue weighted by molar-refractivity contribution is 6.08. The summed E-state index contributed by atoms with van der Waals surface area (Å²) in [7, 11) is 2.77. The Balaban J connectivity index is 2.50. The van der Waals surface area contributed by atoms with Crippen molar-refractivity contribution in [3.8, 4) is 11.5 Å². The number of benzene rings is 2. The maximum Gasteiger partial charge on any atom is 0.286 e. The van der Waals surface area contributed by atoms with Gasteiger partial charge in [-0.05, 0) is 25.0 Å². The minimum absolute atomic E-state index is 0.0969. The molecule has 0 unspecified atom stereocenters. The van der Waals surface area contributed by atoms with E-state index in [1.807, 2.05) is 32.0 Å². The Morgan fingerprint density at radius 2 is 1.62 bits per heavy atom. The third kappa shape index (κ3) is 3.29. The Labute approximate surface area is 139 Å². The number of amides is 1. The molecule has 1 N–H and O–H groups in total. The van der Waals surface area contributed by atoms with E-state index < -0.39 is 10.8 Å². The van der Waals surface area contributed by atoms with Crippen molar-refractivity contribution in [2.24, 2.45) is 0 Å². The van der Waals surface area contributed by atoms with Crippen LogP contribution in [0.3, 0.4) is 0 Å². The van der Waals surface area contributed by atoms with E-state index in [-0.39, 0.29) is 22.7 Å². The van der Waals surface area contributed by atoms with Gasteiger partial charge in [0.2, 0.25) is 0 Å². The number of nitro groups is 1. The van der Waals surface area contributed by atoms with E-state index in [1.165, 1.54) is 26.4 Å². The number of nitrogens with one attached hydrogen (secondary N) is 1. The fraction of sp³-hybridized carbons (Fsp3) is 0.235. The Morgan fingerprint density at radius 1 is 1.08 bits per heavy atom. The maximum atomic E-state index is 12.6. The molecule has 0 aliphatic heterocycles. The summed E-state index contributed by atoms with van der Waals surface area (Å²) < 4.78 is 10.2. The third-order valence-corrected chi connectivity index (χ3v) is 3.66. The van der Waals surface area contributed by atoms with E-state index >= 15 is 0 Å². The molecule has 0 aliphatic carbocycles. The molecule has 0 radical (unpaired) electrons. The van der Waals surface area contributed by atoms with Gasteiger partial charge in [0.15, 0.2) is 11.5 Å². The van der Waals surface area contributed by atoms with Crippen LogP contribution in [0, 0.1) is 24.0 Å². The second-order valence-electron chi connectivity index (χ2n) is 5.20. The average molecular weight is 330 g/mol. The number of aryl methyl sites for hydroxylation is 2. The van der Waals surface area contributed by atoms with Gasteiger partial charge in [0.1, 0.15) is 5.56 Å². The van der Waals surface area contributed by atoms with Crippen LogP contribution in [0.25, 0.3) is 0 Å². The Hall–Kier alpha value is -3.09. The number of nitrogens with zero attached hydrogens (tertiary/aromatic N) is 1. The van der Waals surface area contributed by atoms with Crippen molar-refractivity contribution in [1.29, 1.82) is 0 Å². The number of ether oxygens (including phenoxy) is 2. The van der Waals surface area contributed by atoms with Crippen LogP contribution < -0.4 is 14.8 Å². The Kier molecular flexibility index (Phi) is 5.03. The van der Waals surface area contributed by atoms with Gasteiger partial charge in [-0.1, -0.05) is 18.2 Å². The second kappa shape index (κ2) is 6.99. The van der Waals surface area contributed by atoms with E-state index in [0.717, 1.165) is 11.1 Å². The summed E-state index contributed by atoms with van der Waals surface area (Å²) in [6, 6.07) is 8.06. The number of para-hydroxylation sites is 1. The fourth-order valence-electron chi connectivity index (χ4n) is 2.39. The van der Waals surface area contributed by atoms with Crippen LogP contribution in [-0.2, 0) is 0 Å². The van der Waals surface area contributed by atoms with Crippen molar-refractivity contribution < 1.29 is 19.2 Å². The molecule has 0 fully saturated rings. The predicted octanol–water partition coefficient (Wildman–Crippen LogP) is 3.48. The molecule has 2 rings (SSSR count). The molecule has 7 nitrogen and oxygen atoms in total. The molecule has 7 heteroatoms. The highest BCUT2D eigenvalue weighted by Crippen LogP contribution is 2.35. The zero-order chi connectivity index (χ0) is 17.9. The van der Waals surface area contributed by atoms with Crippen molar-refractivity contribution >= 4 is 17.3 Å². The molecule has 0 atom stereocenters. The number of nitro benzene ring substituents is 1. The van der Waals surface area contributed by atoms with Crippen LogP contribution in [0.4, 0.5) is 11.4 Å². The molecule has 2 aromatic carbocycles. The van der Waals surface area contributed by atoms with Crippen LogP contribution in [0.2, 0.25) is 0 Å². The summed E-state index contributed by atoms with van der Waals surface area (Å²) in [4.78, 5) is 23.3. The SMILES string of the molecule is COc1cc(C(=O)Nc2c(C)cccc2C)c([N+](=O)[O-])cc1OC. The van der Waals surface area contributed by atoms with E-state index in [4.69, 9.17) is 9.47 Å². The lowest BCUT2D eigenvalue weighted by Crippen LogP contribution is -2.16. The van der Waals surface area contributed by atoms with Gasteiger partial charge in [-0.2, -0.15) is 0 Å². The molecule has 0 saturated carbocycles. The van der Waals surface area contributed by atoms with Gasteiger partial charge in [0, 0.05) is 11.8 Å². The van der Waals surface area contributed by atoms with Gasteiger partial charge in [0.05, 0.1) is 25.2 Å². The minimum atomic E-state index is -0.623. The maximum absolute atomic E-state index is 12.6. The van der Waals surface area contributed by atoms with Crippen LogP contribution in [0.5, 0.6) is 11.5 Å². The van der Waals surface area contributed by atoms with Crippen LogP contribution >= 0.6 is 0 Å². The monoisotopic (exact) mass is 330 g/mol. The molecule has 0 aliphatic rings. The summed E-state index contributed by atoms with van der Waals surface area (Å²) in [5.74, 6) is -0.150. The molecule has 126 valence electrons. The lowest BCUT2D eigenvalue weighted by molar-refractivity contribution is -0.385. The average Bonchev–Trinajstić information content (AvgIpc) is 2.56. The number of hydrogen-bond donors (Lipinski definition) is 1. The molecule has 24 heavy (non-hydrogen) atoms. The predicted molar refractivity (Wildman–Crippen MR) is 90.1 cm³/mol. The first-order valence-corrected chi connectivity index (χ1v) is 7.17. The fourth-order valence-corrected chi connectivity index (χ4v) is 2.39. The highest BCUT2D eigenvalue weighted by atomic mass is 16.6. The summed E-state index contributed by atoms with van der Waals surface area (Å²) >= 11 is 0. The largest absolute Gasteiger partial charge is 0.493 e. The van der Waals surface area contributed by atoms with Gasteiger partial charge in [-0.3, -0.25) is 14.9 Å². The molecular weight excluding hydrogens is 312 g/mol. The van der Waals surface area contributed by atoms with Gasteiger partial charge in [-0.25, -0.2) is 0 Å². The topological polar surface area (TPSA) is 90.7 Å². The highest BCUT2D eigenvalue weighted by Gasteiger charge is 2.25. The van der Waals surface area contributed by atoms with Crippen LogP contribution in [0.1, 0.15) is 21.5 Å². The lowest BCUT2D eigenvalue weighted by atomic mass is 10.1. The Bertz CT molecular complexity index is 782. The van der Waals surface area contributed by atoms with E-state index in [0.29, 0.717) is 5.69 Å². The van der Waals surface area contributed by atoms with Gasteiger partial charge < -0.3 is 14.8 Å². The van der Waals surface area contributed by atoms with Crippen molar-refractivity contribution in [2.75, 3.05) is 19.5 Å². The Morgan fingerprint density at radius 3 is 2.12 bits per heavy atom. The molecule has 2 aromatic rings. The zero-order valence-electron chi connectivity index (χ0n) is 13.9. The first kappa shape index (κ1) is 17.3. The molecule has 0 saturated heterocycles. The van der Waals surface area contributed by atoms with Crippen molar-refractivity contribution in [3.05, 3.63) is 57.1 Å². The van der Waals surface area contributed by atoms with Crippen molar-refractivity contribution in [3.63, 3.8) is 0 Å². The standard InChI is InChI=1S/C17H18N2O5/c1-10-6-5-7-11(2)16(10)18-17(20)12-8-14(23-3)15(24-4)9-13(12)19(21)22/h5-9H,1-4H3,(H,18,20). The van der Waals surface area contributed by atoms with E-state index in [9.17, 15) is 14.9 Å². The summed E-state index contributed by atoms with van der Waals surface area (Å²) in [6.07, 6.45) is 0. The lowest BCUT2D eigenvalue weighted by Gasteiger charge is -2.13. The van der Waals surface area contributed by atoms with Gasteiger partial charge in [-0.15, -0.1) is 0 Å². The van der Waals surface area contributed by atoms with E-state index in [2.05, 4.69) is 5.32 Å². The second-order valence-corrected chi connectivity index (χ2v) is 5.20. The van der Waals surface area contributed by atoms with Gasteiger partial charge >= 0.3 is 0 Å². The summed E-state index contributed by atoms with van der Waals surface area (Å²) in [5, 5.41) is 14.0. The van der Waals surface area contributed by atoms with Crippen LogP contribution in [0.15, 0.2) is 30.3 Å². The number of hydrogen-bond acceptors (Lipinski definition) is 5.